The minimum Gasteiger partial charge on any atom is -0.354 e. The molecule has 0 saturated heterocycles. The topological polar surface area (TPSA) is 49.4 Å². The van der Waals surface area contributed by atoms with E-state index in [0.717, 1.165) is 17.5 Å². The quantitative estimate of drug-likeness (QED) is 0.483. The molecular weight excluding hydrogens is 420 g/mol. The van der Waals surface area contributed by atoms with Crippen LogP contribution >= 0.6 is 11.6 Å². The van der Waals surface area contributed by atoms with Gasteiger partial charge in [0.25, 0.3) is 0 Å². The average Bonchev–Trinajstić information content (AvgIpc) is 2.76. The van der Waals surface area contributed by atoms with Crippen LogP contribution in [0.4, 0.5) is 0 Å². The molecule has 0 aliphatic carbocycles. The molecule has 32 heavy (non-hydrogen) atoms. The largest absolute Gasteiger partial charge is 0.354 e. The van der Waals surface area contributed by atoms with Crippen molar-refractivity contribution >= 4 is 23.4 Å². The lowest BCUT2D eigenvalue weighted by atomic mass is 9.86. The minimum atomic E-state index is -0.493. The second kappa shape index (κ2) is 12.1. The van der Waals surface area contributed by atoms with E-state index in [1.807, 2.05) is 38.1 Å². The summed E-state index contributed by atoms with van der Waals surface area (Å²) in [4.78, 5) is 27.8. The van der Waals surface area contributed by atoms with E-state index in [-0.39, 0.29) is 17.2 Å². The van der Waals surface area contributed by atoms with E-state index in [9.17, 15) is 9.59 Å². The van der Waals surface area contributed by atoms with Gasteiger partial charge in [0.1, 0.15) is 6.04 Å². The smallest absolute Gasteiger partial charge is 0.242 e. The lowest BCUT2D eigenvalue weighted by Gasteiger charge is -2.31. The summed E-state index contributed by atoms with van der Waals surface area (Å²) in [6.07, 6.45) is 2.43. The van der Waals surface area contributed by atoms with Gasteiger partial charge >= 0.3 is 0 Å². The van der Waals surface area contributed by atoms with Crippen molar-refractivity contribution in [1.29, 1.82) is 0 Å². The van der Waals surface area contributed by atoms with Crippen molar-refractivity contribution in [2.75, 3.05) is 6.54 Å². The molecule has 0 aliphatic rings. The fourth-order valence-corrected chi connectivity index (χ4v) is 3.76. The lowest BCUT2D eigenvalue weighted by molar-refractivity contribution is -0.141. The van der Waals surface area contributed by atoms with Gasteiger partial charge in [0.15, 0.2) is 0 Å². The van der Waals surface area contributed by atoms with Crippen LogP contribution in [0, 0.1) is 0 Å². The van der Waals surface area contributed by atoms with Crippen LogP contribution in [-0.4, -0.2) is 29.3 Å². The first-order valence-corrected chi connectivity index (χ1v) is 11.9. The molecule has 0 fully saturated rings. The first-order valence-electron chi connectivity index (χ1n) is 11.6. The number of aryl methyl sites for hydroxylation is 1. The minimum absolute atomic E-state index is 0.0154. The van der Waals surface area contributed by atoms with Crippen molar-refractivity contribution in [3.05, 3.63) is 70.2 Å². The Labute approximate surface area is 198 Å². The first-order chi connectivity index (χ1) is 15.2. The van der Waals surface area contributed by atoms with Gasteiger partial charge in [-0.3, -0.25) is 9.59 Å². The molecule has 0 aliphatic heterocycles. The van der Waals surface area contributed by atoms with Crippen LogP contribution in [0.1, 0.15) is 70.6 Å². The fourth-order valence-electron chi connectivity index (χ4n) is 3.64. The van der Waals surface area contributed by atoms with Crippen molar-refractivity contribution in [2.24, 2.45) is 0 Å². The molecule has 0 saturated carbocycles. The van der Waals surface area contributed by atoms with Gasteiger partial charge in [-0.2, -0.15) is 0 Å². The van der Waals surface area contributed by atoms with Crippen LogP contribution in [0.15, 0.2) is 48.5 Å². The molecule has 2 aromatic carbocycles. The third-order valence-corrected chi connectivity index (χ3v) is 5.90. The van der Waals surface area contributed by atoms with E-state index in [2.05, 4.69) is 50.4 Å². The zero-order valence-electron chi connectivity index (χ0n) is 20.1. The van der Waals surface area contributed by atoms with Gasteiger partial charge in [0, 0.05) is 24.5 Å². The van der Waals surface area contributed by atoms with Crippen LogP contribution in [-0.2, 0) is 28.0 Å². The van der Waals surface area contributed by atoms with Crippen molar-refractivity contribution in [2.45, 2.75) is 78.3 Å². The highest BCUT2D eigenvalue weighted by atomic mass is 35.5. The molecule has 0 aromatic heterocycles. The number of rotatable bonds is 10. The Morgan fingerprint density at radius 1 is 0.969 bits per heavy atom. The maximum atomic E-state index is 13.3. The van der Waals surface area contributed by atoms with Gasteiger partial charge in [-0.1, -0.05) is 82.6 Å². The van der Waals surface area contributed by atoms with Gasteiger partial charge in [0.05, 0.1) is 0 Å². The van der Waals surface area contributed by atoms with Gasteiger partial charge < -0.3 is 10.2 Å². The molecule has 1 N–H and O–H groups in total. The van der Waals surface area contributed by atoms with Crippen LogP contribution in [0.3, 0.4) is 0 Å². The number of benzene rings is 2. The predicted octanol–water partition coefficient (Wildman–Crippen LogP) is 5.90. The van der Waals surface area contributed by atoms with Crippen LogP contribution in [0.5, 0.6) is 0 Å². The van der Waals surface area contributed by atoms with Gasteiger partial charge in [-0.05, 0) is 53.5 Å². The Balaban J connectivity index is 2.16. The van der Waals surface area contributed by atoms with Gasteiger partial charge in [-0.25, -0.2) is 0 Å². The molecule has 0 heterocycles. The number of nitrogens with zero attached hydrogens (tertiary/aromatic N) is 1. The summed E-state index contributed by atoms with van der Waals surface area (Å²) in [6.45, 7) is 11.5. The van der Waals surface area contributed by atoms with Crippen LogP contribution in [0.2, 0.25) is 5.02 Å². The molecule has 1 atom stereocenters. The summed E-state index contributed by atoms with van der Waals surface area (Å²) >= 11 is 6.02. The first kappa shape index (κ1) is 25.9. The molecule has 0 bridgehead atoms. The Kier molecular flexibility index (Phi) is 9.77. The molecule has 2 amide bonds. The second-order valence-corrected chi connectivity index (χ2v) is 9.75. The highest BCUT2D eigenvalue weighted by molar-refractivity contribution is 6.30. The molecule has 0 unspecified atom stereocenters. The maximum Gasteiger partial charge on any atom is 0.242 e. The molecule has 0 spiro atoms. The Morgan fingerprint density at radius 3 is 2.09 bits per heavy atom. The normalized spacial score (nSPS) is 12.3. The molecule has 174 valence electrons. The second-order valence-electron chi connectivity index (χ2n) is 9.31. The Hall–Kier alpha value is -2.33. The van der Waals surface area contributed by atoms with E-state index in [1.165, 1.54) is 5.56 Å². The van der Waals surface area contributed by atoms with E-state index < -0.39 is 6.04 Å². The van der Waals surface area contributed by atoms with E-state index in [4.69, 9.17) is 11.6 Å². The molecule has 4 nitrogen and oxygen atoms in total. The highest BCUT2D eigenvalue weighted by Crippen LogP contribution is 2.23. The van der Waals surface area contributed by atoms with Crippen molar-refractivity contribution in [1.82, 2.24) is 10.2 Å². The number of carbonyl (C=O) groups excluding carboxylic acids is 2. The summed E-state index contributed by atoms with van der Waals surface area (Å²) in [5.74, 6) is -0.107. The SMILES string of the molecule is CCCNC(=O)[C@H](CC)N(Cc1ccc(Cl)cc1)C(=O)CCc1ccc(C(C)(C)C)cc1. The Morgan fingerprint density at radius 2 is 1.56 bits per heavy atom. The number of amides is 2. The number of hydrogen-bond donors (Lipinski definition) is 1. The zero-order valence-corrected chi connectivity index (χ0v) is 20.8. The lowest BCUT2D eigenvalue weighted by Crippen LogP contribution is -2.49. The average molecular weight is 457 g/mol. The van der Waals surface area contributed by atoms with Crippen LogP contribution < -0.4 is 5.32 Å². The van der Waals surface area contributed by atoms with E-state index >= 15 is 0 Å². The third kappa shape index (κ3) is 7.67. The van der Waals surface area contributed by atoms with Gasteiger partial charge in [0.2, 0.25) is 11.8 Å². The van der Waals surface area contributed by atoms with Crippen molar-refractivity contribution < 1.29 is 9.59 Å². The summed E-state index contributed by atoms with van der Waals surface area (Å²) < 4.78 is 0. The summed E-state index contributed by atoms with van der Waals surface area (Å²) in [5, 5.41) is 3.60. The van der Waals surface area contributed by atoms with E-state index in [0.29, 0.717) is 37.4 Å². The summed E-state index contributed by atoms with van der Waals surface area (Å²) in [5.41, 5.74) is 3.46. The monoisotopic (exact) mass is 456 g/mol. The maximum absolute atomic E-state index is 13.3. The highest BCUT2D eigenvalue weighted by Gasteiger charge is 2.28. The number of halogens is 1. The predicted molar refractivity (Wildman–Crippen MR) is 133 cm³/mol. The summed E-state index contributed by atoms with van der Waals surface area (Å²) in [6, 6.07) is 15.4. The van der Waals surface area contributed by atoms with E-state index in [1.54, 1.807) is 4.90 Å². The van der Waals surface area contributed by atoms with Crippen LogP contribution in [0.25, 0.3) is 0 Å². The molecule has 2 aromatic rings. The number of hydrogen-bond acceptors (Lipinski definition) is 2. The molecular formula is C27H37ClN2O2. The number of nitrogens with one attached hydrogen (secondary N) is 1. The molecule has 2 rings (SSSR count). The standard InChI is InChI=1S/C27H37ClN2O2/c1-6-18-29-26(32)24(7-2)30(19-21-10-15-23(28)16-11-21)25(31)17-12-20-8-13-22(14-9-20)27(3,4)5/h8-11,13-16,24H,6-7,12,17-19H2,1-5H3,(H,29,32)/t24-/m0/s1. The van der Waals surface area contributed by atoms with Gasteiger partial charge in [-0.15, -0.1) is 0 Å². The fraction of sp³-hybridized carbons (Fsp3) is 0.481. The van der Waals surface area contributed by atoms with Crippen molar-refractivity contribution in [3.63, 3.8) is 0 Å². The number of carbonyl (C=O) groups is 2. The zero-order chi connectivity index (χ0) is 23.7. The molecule has 5 heteroatoms. The third-order valence-electron chi connectivity index (χ3n) is 5.65. The Bertz CT molecular complexity index is 870. The molecule has 0 radical (unpaired) electrons. The van der Waals surface area contributed by atoms with Crippen molar-refractivity contribution in [3.8, 4) is 0 Å². The summed E-state index contributed by atoms with van der Waals surface area (Å²) in [7, 11) is 0.